The lowest BCUT2D eigenvalue weighted by Crippen LogP contribution is -2.31. The number of benzene rings is 3. The van der Waals surface area contributed by atoms with Gasteiger partial charge in [0.25, 0.3) is 5.56 Å². The molecule has 1 atom stereocenters. The average molecular weight is 449 g/mol. The van der Waals surface area contributed by atoms with Gasteiger partial charge in [-0.2, -0.15) is 5.10 Å². The molecular weight excluding hydrogens is 424 g/mol. The van der Waals surface area contributed by atoms with Crippen LogP contribution in [0.15, 0.2) is 71.5 Å². The number of halogens is 1. The molecule has 0 saturated carbocycles. The molecule has 5 nitrogen and oxygen atoms in total. The third-order valence-corrected chi connectivity index (χ3v) is 5.64. The maximum atomic E-state index is 13.1. The third-order valence-electron chi connectivity index (χ3n) is 5.39. The van der Waals surface area contributed by atoms with Gasteiger partial charge in [0.2, 0.25) is 0 Å². The summed E-state index contributed by atoms with van der Waals surface area (Å²) in [6.45, 7) is 4.54. The summed E-state index contributed by atoms with van der Waals surface area (Å²) in [5.74, 6) is 0. The second kappa shape index (κ2) is 9.65. The highest BCUT2D eigenvalue weighted by atomic mass is 35.5. The number of hydrogen-bond acceptors (Lipinski definition) is 4. The first-order valence-corrected chi connectivity index (χ1v) is 10.9. The van der Waals surface area contributed by atoms with Gasteiger partial charge in [-0.25, -0.2) is 4.68 Å². The zero-order chi connectivity index (χ0) is 22.7. The summed E-state index contributed by atoms with van der Waals surface area (Å²) >= 11 is 5.90. The second-order valence-corrected chi connectivity index (χ2v) is 8.43. The molecule has 1 aromatic heterocycles. The van der Waals surface area contributed by atoms with Crippen molar-refractivity contribution in [1.29, 1.82) is 0 Å². The molecule has 1 unspecified atom stereocenters. The van der Waals surface area contributed by atoms with Crippen LogP contribution in [0.1, 0.15) is 16.7 Å². The van der Waals surface area contributed by atoms with Crippen molar-refractivity contribution in [2.24, 2.45) is 0 Å². The Bertz CT molecular complexity index is 1300. The molecular formula is C26H25ClN2O3. The van der Waals surface area contributed by atoms with Gasteiger partial charge in [-0.15, -0.1) is 0 Å². The molecule has 3 aromatic carbocycles. The fourth-order valence-electron chi connectivity index (χ4n) is 3.69. The Labute approximate surface area is 191 Å². The minimum absolute atomic E-state index is 0.0438. The van der Waals surface area contributed by atoms with Crippen LogP contribution in [-0.4, -0.2) is 27.6 Å². The van der Waals surface area contributed by atoms with Gasteiger partial charge in [0.05, 0.1) is 36.9 Å². The maximum Gasteiger partial charge on any atom is 0.274 e. The predicted molar refractivity (Wildman–Crippen MR) is 128 cm³/mol. The quantitative estimate of drug-likeness (QED) is 0.436. The Morgan fingerprint density at radius 2 is 1.75 bits per heavy atom. The van der Waals surface area contributed by atoms with Gasteiger partial charge in [-0.1, -0.05) is 59.6 Å². The van der Waals surface area contributed by atoms with Crippen LogP contribution in [0.3, 0.4) is 0 Å². The number of rotatable bonds is 7. The summed E-state index contributed by atoms with van der Waals surface area (Å²) < 4.78 is 6.98. The van der Waals surface area contributed by atoms with Gasteiger partial charge in [0.15, 0.2) is 0 Å². The molecule has 0 bridgehead atoms. The van der Waals surface area contributed by atoms with Crippen LogP contribution in [-0.2, 0) is 17.9 Å². The van der Waals surface area contributed by atoms with E-state index in [0.717, 1.165) is 33.3 Å². The van der Waals surface area contributed by atoms with E-state index in [1.807, 2.05) is 44.2 Å². The number of aliphatic hydroxyl groups excluding tert-OH is 1. The molecule has 0 aliphatic carbocycles. The van der Waals surface area contributed by atoms with Crippen molar-refractivity contribution in [3.8, 4) is 11.3 Å². The van der Waals surface area contributed by atoms with Gasteiger partial charge in [0.1, 0.15) is 0 Å². The van der Waals surface area contributed by atoms with E-state index in [0.29, 0.717) is 17.0 Å². The van der Waals surface area contributed by atoms with Crippen molar-refractivity contribution in [1.82, 2.24) is 9.78 Å². The number of ether oxygens (including phenoxy) is 1. The number of hydrogen-bond donors (Lipinski definition) is 1. The standard InChI is InChI=1S/C26H25ClN2O3/c1-17-7-8-18(2)24(13-17)25-22-5-3-4-6-23(22)26(31)29(28-25)14-21(30)16-32-15-19-9-11-20(27)12-10-19/h3-13,21,30H,14-16H2,1-2H3. The lowest BCUT2D eigenvalue weighted by atomic mass is 9.99. The molecule has 0 amide bonds. The van der Waals surface area contributed by atoms with Crippen LogP contribution >= 0.6 is 11.6 Å². The van der Waals surface area contributed by atoms with Crippen LogP contribution in [0.2, 0.25) is 5.02 Å². The van der Waals surface area contributed by atoms with Gasteiger partial charge in [0, 0.05) is 16.0 Å². The second-order valence-electron chi connectivity index (χ2n) is 8.00. The van der Waals surface area contributed by atoms with E-state index < -0.39 is 6.10 Å². The number of nitrogens with zero attached hydrogens (tertiary/aromatic N) is 2. The molecule has 0 radical (unpaired) electrons. The van der Waals surface area contributed by atoms with Crippen LogP contribution in [0.5, 0.6) is 0 Å². The van der Waals surface area contributed by atoms with Gasteiger partial charge >= 0.3 is 0 Å². The molecule has 0 aliphatic heterocycles. The Morgan fingerprint density at radius 3 is 2.50 bits per heavy atom. The summed E-state index contributed by atoms with van der Waals surface area (Å²) in [5, 5.41) is 17.2. The zero-order valence-electron chi connectivity index (χ0n) is 18.1. The van der Waals surface area contributed by atoms with Crippen molar-refractivity contribution < 1.29 is 9.84 Å². The molecule has 0 spiro atoms. The lowest BCUT2D eigenvalue weighted by molar-refractivity contribution is 0.0181. The first-order valence-electron chi connectivity index (χ1n) is 10.5. The number of aromatic nitrogens is 2. The molecule has 1 heterocycles. The van der Waals surface area contributed by atoms with E-state index in [1.165, 1.54) is 4.68 Å². The minimum atomic E-state index is -0.875. The highest BCUT2D eigenvalue weighted by molar-refractivity contribution is 6.30. The Kier molecular flexibility index (Phi) is 6.70. The normalized spacial score (nSPS) is 12.2. The molecule has 0 saturated heterocycles. The van der Waals surface area contributed by atoms with Crippen LogP contribution < -0.4 is 5.56 Å². The summed E-state index contributed by atoms with van der Waals surface area (Å²) in [7, 11) is 0. The van der Waals surface area contributed by atoms with Gasteiger partial charge in [-0.05, 0) is 49.2 Å². The molecule has 6 heteroatoms. The van der Waals surface area contributed by atoms with Crippen molar-refractivity contribution in [3.63, 3.8) is 0 Å². The summed E-state index contributed by atoms with van der Waals surface area (Å²) in [5.41, 5.74) is 4.63. The molecule has 0 fully saturated rings. The number of fused-ring (bicyclic) bond motifs is 1. The molecule has 164 valence electrons. The van der Waals surface area contributed by atoms with Crippen LogP contribution in [0.4, 0.5) is 0 Å². The maximum absolute atomic E-state index is 13.1. The first kappa shape index (κ1) is 22.2. The first-order chi connectivity index (χ1) is 15.4. The van der Waals surface area contributed by atoms with E-state index in [1.54, 1.807) is 18.2 Å². The van der Waals surface area contributed by atoms with E-state index in [9.17, 15) is 9.90 Å². The fourth-order valence-corrected chi connectivity index (χ4v) is 3.82. The summed E-state index contributed by atoms with van der Waals surface area (Å²) in [6, 6.07) is 21.0. The number of aryl methyl sites for hydroxylation is 2. The zero-order valence-corrected chi connectivity index (χ0v) is 18.8. The average Bonchev–Trinajstić information content (AvgIpc) is 2.79. The third kappa shape index (κ3) is 4.91. The Balaban J connectivity index is 1.59. The van der Waals surface area contributed by atoms with Crippen LogP contribution in [0.25, 0.3) is 22.0 Å². The van der Waals surface area contributed by atoms with E-state index >= 15 is 0 Å². The Hall–Kier alpha value is -2.99. The van der Waals surface area contributed by atoms with Crippen molar-refractivity contribution in [3.05, 3.63) is 98.8 Å². The Morgan fingerprint density at radius 1 is 1.03 bits per heavy atom. The smallest absolute Gasteiger partial charge is 0.274 e. The topological polar surface area (TPSA) is 64.3 Å². The highest BCUT2D eigenvalue weighted by Crippen LogP contribution is 2.28. The minimum Gasteiger partial charge on any atom is -0.389 e. The molecule has 1 N–H and O–H groups in total. The summed E-state index contributed by atoms with van der Waals surface area (Å²) in [4.78, 5) is 13.1. The van der Waals surface area contributed by atoms with E-state index in [-0.39, 0.29) is 18.7 Å². The fraction of sp³-hybridized carbons (Fsp3) is 0.231. The van der Waals surface area contributed by atoms with Crippen molar-refractivity contribution in [2.45, 2.75) is 33.1 Å². The number of aliphatic hydroxyl groups is 1. The van der Waals surface area contributed by atoms with Gasteiger partial charge in [-0.3, -0.25) is 4.79 Å². The predicted octanol–water partition coefficient (Wildman–Crippen LogP) is 4.91. The molecule has 4 rings (SSSR count). The monoisotopic (exact) mass is 448 g/mol. The van der Waals surface area contributed by atoms with Crippen molar-refractivity contribution >= 4 is 22.4 Å². The van der Waals surface area contributed by atoms with E-state index in [2.05, 4.69) is 23.3 Å². The largest absolute Gasteiger partial charge is 0.389 e. The molecule has 4 aromatic rings. The highest BCUT2D eigenvalue weighted by Gasteiger charge is 2.16. The van der Waals surface area contributed by atoms with Crippen LogP contribution in [0, 0.1) is 13.8 Å². The molecule has 0 aliphatic rings. The van der Waals surface area contributed by atoms with E-state index in [4.69, 9.17) is 16.3 Å². The summed E-state index contributed by atoms with van der Waals surface area (Å²) in [6.07, 6.45) is -0.875. The van der Waals surface area contributed by atoms with Crippen molar-refractivity contribution in [2.75, 3.05) is 6.61 Å². The molecule has 32 heavy (non-hydrogen) atoms. The van der Waals surface area contributed by atoms with Gasteiger partial charge < -0.3 is 9.84 Å². The SMILES string of the molecule is Cc1ccc(C)c(-c2nn(CC(O)COCc3ccc(Cl)cc3)c(=O)c3ccccc23)c1. The lowest BCUT2D eigenvalue weighted by Gasteiger charge is -2.16.